The van der Waals surface area contributed by atoms with E-state index in [1.807, 2.05) is 30.9 Å². The minimum absolute atomic E-state index is 0.643. The van der Waals surface area contributed by atoms with Crippen molar-refractivity contribution >= 4 is 11.8 Å². The van der Waals surface area contributed by atoms with Gasteiger partial charge in [-0.2, -0.15) is 0 Å². The van der Waals surface area contributed by atoms with Crippen molar-refractivity contribution in [1.29, 1.82) is 0 Å². The minimum atomic E-state index is 0.643. The van der Waals surface area contributed by atoms with Gasteiger partial charge in [-0.25, -0.2) is 9.97 Å². The molecule has 2 heterocycles. The van der Waals surface area contributed by atoms with Crippen molar-refractivity contribution in [1.82, 2.24) is 30.0 Å². The van der Waals surface area contributed by atoms with Gasteiger partial charge in [0.15, 0.2) is 10.3 Å². The lowest BCUT2D eigenvalue weighted by Crippen LogP contribution is -2.19. The van der Waals surface area contributed by atoms with Crippen LogP contribution < -0.4 is 5.32 Å². The summed E-state index contributed by atoms with van der Waals surface area (Å²) in [6.45, 7) is 8.08. The van der Waals surface area contributed by atoms with Crippen molar-refractivity contribution in [2.24, 2.45) is 13.0 Å². The molecule has 0 aromatic carbocycles. The summed E-state index contributed by atoms with van der Waals surface area (Å²) in [5.74, 6) is 1.52. The predicted molar refractivity (Wildman–Crippen MR) is 78.4 cm³/mol. The van der Waals surface area contributed by atoms with Gasteiger partial charge >= 0.3 is 0 Å². The van der Waals surface area contributed by atoms with E-state index in [0.29, 0.717) is 11.1 Å². The molecule has 0 saturated carbocycles. The Bertz CT molecular complexity index is 548. The fourth-order valence-corrected chi connectivity index (χ4v) is 2.28. The monoisotopic (exact) mass is 292 g/mol. The normalized spacial score (nSPS) is 11.2. The number of hydrogen-bond donors (Lipinski definition) is 1. The fourth-order valence-electron chi connectivity index (χ4n) is 1.55. The van der Waals surface area contributed by atoms with Crippen LogP contribution in [0.4, 0.5) is 0 Å². The van der Waals surface area contributed by atoms with Crippen molar-refractivity contribution in [2.45, 2.75) is 37.6 Å². The zero-order chi connectivity index (χ0) is 14.5. The summed E-state index contributed by atoms with van der Waals surface area (Å²) in [7, 11) is 1.93. The van der Waals surface area contributed by atoms with Crippen LogP contribution >= 0.6 is 11.8 Å². The van der Waals surface area contributed by atoms with Gasteiger partial charge in [0, 0.05) is 31.5 Å². The lowest BCUT2D eigenvalue weighted by Gasteiger charge is -2.07. The Kier molecular flexibility index (Phi) is 5.08. The molecule has 20 heavy (non-hydrogen) atoms. The molecule has 1 N–H and O–H groups in total. The summed E-state index contributed by atoms with van der Waals surface area (Å²) in [4.78, 5) is 8.71. The molecule has 2 rings (SSSR count). The molecular formula is C13H20N6S. The highest BCUT2D eigenvalue weighted by atomic mass is 32.2. The lowest BCUT2D eigenvalue weighted by molar-refractivity contribution is 0.550. The largest absolute Gasteiger partial charge is 0.312 e. The van der Waals surface area contributed by atoms with E-state index in [1.54, 1.807) is 0 Å². The maximum atomic E-state index is 4.35. The van der Waals surface area contributed by atoms with Crippen LogP contribution in [0.5, 0.6) is 0 Å². The zero-order valence-electron chi connectivity index (χ0n) is 12.3. The smallest absolute Gasteiger partial charge is 0.198 e. The molecule has 2 aromatic heterocycles. The van der Waals surface area contributed by atoms with E-state index in [9.17, 15) is 0 Å². The van der Waals surface area contributed by atoms with Gasteiger partial charge in [-0.3, -0.25) is 0 Å². The van der Waals surface area contributed by atoms with Gasteiger partial charge in [0.1, 0.15) is 5.82 Å². The minimum Gasteiger partial charge on any atom is -0.312 e. The Hall–Kier alpha value is -1.47. The summed E-state index contributed by atoms with van der Waals surface area (Å²) in [6, 6.07) is 0. The second-order valence-electron chi connectivity index (χ2n) is 5.09. The average Bonchev–Trinajstić information content (AvgIpc) is 2.72. The maximum absolute atomic E-state index is 4.35. The molecule has 0 amide bonds. The molecule has 0 bridgehead atoms. The van der Waals surface area contributed by atoms with Crippen molar-refractivity contribution in [3.63, 3.8) is 0 Å². The van der Waals surface area contributed by atoms with Crippen LogP contribution in [-0.2, 0) is 13.6 Å². The lowest BCUT2D eigenvalue weighted by atomic mass is 10.2. The third kappa shape index (κ3) is 4.01. The van der Waals surface area contributed by atoms with E-state index in [4.69, 9.17) is 0 Å². The SMILES string of the molecule is Cc1nnc(Sc2ncc(CNCC(C)C)cn2)n1C. The van der Waals surface area contributed by atoms with E-state index in [-0.39, 0.29) is 0 Å². The van der Waals surface area contributed by atoms with Gasteiger partial charge in [0.25, 0.3) is 0 Å². The molecule has 0 aliphatic heterocycles. The molecule has 108 valence electrons. The number of nitrogens with one attached hydrogen (secondary N) is 1. The first-order valence-electron chi connectivity index (χ1n) is 6.61. The maximum Gasteiger partial charge on any atom is 0.198 e. The van der Waals surface area contributed by atoms with Gasteiger partial charge < -0.3 is 9.88 Å². The molecule has 7 heteroatoms. The summed E-state index contributed by atoms with van der Waals surface area (Å²) < 4.78 is 1.92. The molecule has 0 unspecified atom stereocenters. The van der Waals surface area contributed by atoms with Crippen LogP contribution in [0, 0.1) is 12.8 Å². The fraction of sp³-hybridized carbons (Fsp3) is 0.538. The molecule has 0 aliphatic rings. The Morgan fingerprint density at radius 2 is 1.95 bits per heavy atom. The first-order chi connectivity index (χ1) is 9.56. The quantitative estimate of drug-likeness (QED) is 0.819. The highest BCUT2D eigenvalue weighted by Crippen LogP contribution is 2.21. The summed E-state index contributed by atoms with van der Waals surface area (Å²) in [5, 5.41) is 13.0. The Balaban J connectivity index is 1.93. The van der Waals surface area contributed by atoms with Crippen LogP contribution in [0.1, 0.15) is 25.2 Å². The van der Waals surface area contributed by atoms with Gasteiger partial charge in [0.2, 0.25) is 0 Å². The number of hydrogen-bond acceptors (Lipinski definition) is 6. The van der Waals surface area contributed by atoms with E-state index in [2.05, 4.69) is 39.3 Å². The molecule has 0 saturated heterocycles. The molecule has 0 aliphatic carbocycles. The van der Waals surface area contributed by atoms with E-state index < -0.39 is 0 Å². The van der Waals surface area contributed by atoms with Crippen molar-refractivity contribution in [2.75, 3.05) is 6.54 Å². The summed E-state index contributed by atoms with van der Waals surface area (Å²) in [5.41, 5.74) is 1.09. The van der Waals surface area contributed by atoms with Crippen LogP contribution in [0.15, 0.2) is 22.7 Å². The van der Waals surface area contributed by atoms with Gasteiger partial charge in [-0.05, 0) is 31.1 Å². The highest BCUT2D eigenvalue weighted by Gasteiger charge is 2.08. The predicted octanol–water partition coefficient (Wildman–Crippen LogP) is 1.81. The van der Waals surface area contributed by atoms with Gasteiger partial charge in [0.05, 0.1) is 0 Å². The van der Waals surface area contributed by atoms with E-state index >= 15 is 0 Å². The molecule has 2 aromatic rings. The van der Waals surface area contributed by atoms with Gasteiger partial charge in [-0.15, -0.1) is 10.2 Å². The summed E-state index contributed by atoms with van der Waals surface area (Å²) in [6.07, 6.45) is 3.71. The zero-order valence-corrected chi connectivity index (χ0v) is 13.1. The van der Waals surface area contributed by atoms with Gasteiger partial charge in [-0.1, -0.05) is 13.8 Å². The number of rotatable bonds is 6. The Labute approximate surface area is 123 Å². The first-order valence-corrected chi connectivity index (χ1v) is 7.43. The number of aryl methyl sites for hydroxylation is 1. The molecular weight excluding hydrogens is 272 g/mol. The van der Waals surface area contributed by atoms with E-state index in [0.717, 1.165) is 29.6 Å². The third-order valence-corrected chi connectivity index (χ3v) is 3.73. The molecule has 0 fully saturated rings. The topological polar surface area (TPSA) is 68.5 Å². The molecule has 0 radical (unpaired) electrons. The number of aromatic nitrogens is 5. The van der Waals surface area contributed by atoms with Crippen LogP contribution in [-0.4, -0.2) is 31.3 Å². The van der Waals surface area contributed by atoms with Crippen LogP contribution in [0.2, 0.25) is 0 Å². The average molecular weight is 292 g/mol. The van der Waals surface area contributed by atoms with Crippen molar-refractivity contribution in [3.05, 3.63) is 23.8 Å². The summed E-state index contributed by atoms with van der Waals surface area (Å²) >= 11 is 1.42. The number of nitrogens with zero attached hydrogens (tertiary/aromatic N) is 5. The molecule has 0 atom stereocenters. The van der Waals surface area contributed by atoms with Crippen molar-refractivity contribution < 1.29 is 0 Å². The standard InChI is InChI=1S/C13H20N6S/c1-9(2)5-14-6-11-7-15-12(16-8-11)20-13-18-17-10(3)19(13)4/h7-9,14H,5-6H2,1-4H3. The first kappa shape index (κ1) is 14.9. The van der Waals surface area contributed by atoms with Crippen LogP contribution in [0.25, 0.3) is 0 Å². The molecule has 0 spiro atoms. The second kappa shape index (κ2) is 6.81. The third-order valence-electron chi connectivity index (χ3n) is 2.80. The second-order valence-corrected chi connectivity index (χ2v) is 6.02. The Morgan fingerprint density at radius 1 is 1.25 bits per heavy atom. The highest BCUT2D eigenvalue weighted by molar-refractivity contribution is 7.99. The van der Waals surface area contributed by atoms with Crippen LogP contribution in [0.3, 0.4) is 0 Å². The molecule has 6 nitrogen and oxygen atoms in total. The van der Waals surface area contributed by atoms with E-state index in [1.165, 1.54) is 11.8 Å². The Morgan fingerprint density at radius 3 is 2.50 bits per heavy atom. The van der Waals surface area contributed by atoms with Crippen molar-refractivity contribution in [3.8, 4) is 0 Å².